The number of anilines is 1. The van der Waals surface area contributed by atoms with Crippen LogP contribution < -0.4 is 4.90 Å². The van der Waals surface area contributed by atoms with Gasteiger partial charge in [-0.05, 0) is 31.4 Å². The van der Waals surface area contributed by atoms with Crippen molar-refractivity contribution in [2.75, 3.05) is 11.4 Å². The van der Waals surface area contributed by atoms with E-state index in [1.54, 1.807) is 0 Å². The fraction of sp³-hybridized carbons (Fsp3) is 0.818. The van der Waals surface area contributed by atoms with Crippen LogP contribution in [-0.2, 0) is 0 Å². The molecule has 46 heavy (non-hydrogen) atoms. The number of hydrogen-bond donors (Lipinski definition) is 0. The number of para-hydroxylation sites is 1. The van der Waals surface area contributed by atoms with Crippen LogP contribution in [0, 0.1) is 0 Å². The molecule has 266 valence electrons. The molecule has 1 aromatic carbocycles. The van der Waals surface area contributed by atoms with Crippen molar-refractivity contribution in [2.45, 2.75) is 225 Å². The van der Waals surface area contributed by atoms with E-state index in [0.29, 0.717) is 6.17 Å². The molecule has 0 bridgehead atoms. The Hall–Kier alpha value is -1.44. The molecular formula is C44H80N2. The summed E-state index contributed by atoms with van der Waals surface area (Å²) in [4.78, 5) is 5.19. The van der Waals surface area contributed by atoms with Crippen molar-refractivity contribution in [3.63, 3.8) is 0 Å². The van der Waals surface area contributed by atoms with Crippen molar-refractivity contribution in [1.29, 1.82) is 0 Å². The first kappa shape index (κ1) is 40.7. The van der Waals surface area contributed by atoms with E-state index in [4.69, 9.17) is 0 Å². The summed E-state index contributed by atoms with van der Waals surface area (Å²) in [5.74, 6) is 0. The highest BCUT2D eigenvalue weighted by molar-refractivity contribution is 5.51. The van der Waals surface area contributed by atoms with Crippen LogP contribution in [0.1, 0.15) is 219 Å². The van der Waals surface area contributed by atoms with Crippen LogP contribution in [-0.4, -0.2) is 17.6 Å². The minimum Gasteiger partial charge on any atom is -0.356 e. The Bertz CT molecular complexity index is 773. The van der Waals surface area contributed by atoms with Gasteiger partial charge in [0.15, 0.2) is 0 Å². The predicted molar refractivity (Wildman–Crippen MR) is 208 cm³/mol. The Balaban J connectivity index is 1.49. The van der Waals surface area contributed by atoms with Gasteiger partial charge in [0.1, 0.15) is 6.17 Å². The molecule has 0 radical (unpaired) electrons. The zero-order valence-corrected chi connectivity index (χ0v) is 31.3. The summed E-state index contributed by atoms with van der Waals surface area (Å²) in [5, 5.41) is 0. The molecule has 2 nitrogen and oxygen atoms in total. The molecule has 0 amide bonds. The maximum absolute atomic E-state index is 2.65. The third-order valence-electron chi connectivity index (χ3n) is 10.5. The lowest BCUT2D eigenvalue weighted by molar-refractivity contribution is 0.273. The molecular weight excluding hydrogens is 556 g/mol. The zero-order valence-electron chi connectivity index (χ0n) is 31.3. The number of nitrogens with zero attached hydrogens (tertiary/aromatic N) is 2. The van der Waals surface area contributed by atoms with Gasteiger partial charge in [-0.3, -0.25) is 0 Å². The summed E-state index contributed by atoms with van der Waals surface area (Å²) in [5.41, 5.74) is 1.35. The minimum absolute atomic E-state index is 0.501. The van der Waals surface area contributed by atoms with Crippen molar-refractivity contribution in [1.82, 2.24) is 4.90 Å². The lowest BCUT2D eigenvalue weighted by Gasteiger charge is -2.33. The third kappa shape index (κ3) is 21.4. The van der Waals surface area contributed by atoms with Crippen LogP contribution in [0.2, 0.25) is 0 Å². The van der Waals surface area contributed by atoms with E-state index in [-0.39, 0.29) is 0 Å². The van der Waals surface area contributed by atoms with Crippen molar-refractivity contribution in [2.24, 2.45) is 0 Å². The van der Waals surface area contributed by atoms with E-state index in [1.165, 1.54) is 218 Å². The maximum atomic E-state index is 2.65. The van der Waals surface area contributed by atoms with E-state index in [9.17, 15) is 0 Å². The Morgan fingerprint density at radius 2 is 0.739 bits per heavy atom. The van der Waals surface area contributed by atoms with Crippen molar-refractivity contribution in [3.8, 4) is 0 Å². The highest BCUT2D eigenvalue weighted by Crippen LogP contribution is 2.28. The van der Waals surface area contributed by atoms with Gasteiger partial charge in [0.25, 0.3) is 0 Å². The van der Waals surface area contributed by atoms with Gasteiger partial charge in [0.05, 0.1) is 0 Å². The standard InChI is InChI=1S/C44H80N2/c1-3-5-7-9-11-13-15-17-19-20-21-22-24-26-28-30-35-39-44-45(41-42-46(44)43-37-33-32-34-38-43)40-36-31-29-27-25-23-18-16-14-12-10-8-6-4-2/h32-34,37-38,41-42,44H,3-31,35-36,39-40H2,1-2H3. The molecule has 1 aliphatic heterocycles. The number of benzene rings is 1. The fourth-order valence-corrected chi connectivity index (χ4v) is 7.44. The Labute approximate surface area is 289 Å². The van der Waals surface area contributed by atoms with Gasteiger partial charge in [0, 0.05) is 24.6 Å². The maximum Gasteiger partial charge on any atom is 0.105 e. The number of rotatable bonds is 34. The molecule has 0 N–H and O–H groups in total. The summed E-state index contributed by atoms with van der Waals surface area (Å²) in [6.07, 6.45) is 51.1. The Morgan fingerprint density at radius 1 is 0.391 bits per heavy atom. The Kier molecular flexibility index (Phi) is 27.3. The second-order valence-electron chi connectivity index (χ2n) is 14.8. The first-order valence-corrected chi connectivity index (χ1v) is 21.1. The molecule has 1 unspecified atom stereocenters. The zero-order chi connectivity index (χ0) is 32.6. The summed E-state index contributed by atoms with van der Waals surface area (Å²) in [6, 6.07) is 11.1. The van der Waals surface area contributed by atoms with Crippen molar-refractivity contribution in [3.05, 3.63) is 42.7 Å². The molecule has 2 heteroatoms. The quantitative estimate of drug-likeness (QED) is 0.0694. The highest BCUT2D eigenvalue weighted by atomic mass is 15.4. The van der Waals surface area contributed by atoms with Gasteiger partial charge >= 0.3 is 0 Å². The normalized spacial score (nSPS) is 14.6. The van der Waals surface area contributed by atoms with Gasteiger partial charge in [-0.1, -0.05) is 218 Å². The number of unbranched alkanes of at least 4 members (excludes halogenated alkanes) is 29. The summed E-state index contributed by atoms with van der Waals surface area (Å²) >= 11 is 0. The van der Waals surface area contributed by atoms with Crippen LogP contribution in [0.15, 0.2) is 42.7 Å². The molecule has 0 spiro atoms. The Morgan fingerprint density at radius 3 is 1.13 bits per heavy atom. The van der Waals surface area contributed by atoms with Crippen LogP contribution in [0.25, 0.3) is 0 Å². The van der Waals surface area contributed by atoms with E-state index in [0.717, 1.165) is 0 Å². The van der Waals surface area contributed by atoms with Crippen molar-refractivity contribution >= 4 is 5.69 Å². The highest BCUT2D eigenvalue weighted by Gasteiger charge is 2.26. The molecule has 0 aliphatic carbocycles. The monoisotopic (exact) mass is 637 g/mol. The first-order chi connectivity index (χ1) is 22.9. The predicted octanol–water partition coefficient (Wildman–Crippen LogP) is 15.1. The third-order valence-corrected chi connectivity index (χ3v) is 10.5. The van der Waals surface area contributed by atoms with Crippen LogP contribution in [0.5, 0.6) is 0 Å². The van der Waals surface area contributed by atoms with Gasteiger partial charge < -0.3 is 9.80 Å². The van der Waals surface area contributed by atoms with E-state index >= 15 is 0 Å². The number of hydrogen-bond acceptors (Lipinski definition) is 2. The van der Waals surface area contributed by atoms with Crippen LogP contribution in [0.4, 0.5) is 5.69 Å². The second-order valence-corrected chi connectivity index (χ2v) is 14.8. The SMILES string of the molecule is CCCCCCCCCCCCCCCCCCCC1N(CCCCCCCCCCCCCCCC)C=CN1c1ccccc1. The lowest BCUT2D eigenvalue weighted by Crippen LogP contribution is -2.39. The first-order valence-electron chi connectivity index (χ1n) is 21.1. The molecule has 0 saturated carbocycles. The summed E-state index contributed by atoms with van der Waals surface area (Å²) < 4.78 is 0. The topological polar surface area (TPSA) is 6.48 Å². The van der Waals surface area contributed by atoms with E-state index in [2.05, 4.69) is 66.4 Å². The van der Waals surface area contributed by atoms with Crippen molar-refractivity contribution < 1.29 is 0 Å². The minimum atomic E-state index is 0.501. The second kappa shape index (κ2) is 30.9. The summed E-state index contributed by atoms with van der Waals surface area (Å²) in [6.45, 7) is 5.83. The molecule has 1 heterocycles. The summed E-state index contributed by atoms with van der Waals surface area (Å²) in [7, 11) is 0. The molecule has 1 aliphatic rings. The van der Waals surface area contributed by atoms with E-state index in [1.807, 2.05) is 0 Å². The van der Waals surface area contributed by atoms with Gasteiger partial charge in [-0.2, -0.15) is 0 Å². The smallest absolute Gasteiger partial charge is 0.105 e. The molecule has 0 fully saturated rings. The molecule has 0 saturated heterocycles. The average molecular weight is 637 g/mol. The van der Waals surface area contributed by atoms with E-state index < -0.39 is 0 Å². The largest absolute Gasteiger partial charge is 0.356 e. The van der Waals surface area contributed by atoms with Gasteiger partial charge in [0.2, 0.25) is 0 Å². The van der Waals surface area contributed by atoms with Crippen LogP contribution in [0.3, 0.4) is 0 Å². The van der Waals surface area contributed by atoms with Crippen LogP contribution >= 0.6 is 0 Å². The molecule has 1 aromatic rings. The molecule has 1 atom stereocenters. The lowest BCUT2D eigenvalue weighted by atomic mass is 10.0. The van der Waals surface area contributed by atoms with Gasteiger partial charge in [-0.25, -0.2) is 0 Å². The fourth-order valence-electron chi connectivity index (χ4n) is 7.44. The molecule has 2 rings (SSSR count). The molecule has 0 aromatic heterocycles. The average Bonchev–Trinajstić information content (AvgIpc) is 3.49. The van der Waals surface area contributed by atoms with Gasteiger partial charge in [-0.15, -0.1) is 0 Å².